The minimum Gasteiger partial charge on any atom is -0.493 e. The molecule has 3 rings (SSSR count). The lowest BCUT2D eigenvalue weighted by Gasteiger charge is -2.17. The van der Waals surface area contributed by atoms with Gasteiger partial charge in [0, 0.05) is 17.4 Å². The fourth-order valence-corrected chi connectivity index (χ4v) is 2.71. The highest BCUT2D eigenvalue weighted by atomic mass is 16.5. The molecule has 1 saturated carbocycles. The third-order valence-corrected chi connectivity index (χ3v) is 3.76. The average molecular weight is 203 g/mol. The van der Waals surface area contributed by atoms with Crippen molar-refractivity contribution in [1.29, 1.82) is 0 Å². The lowest BCUT2D eigenvalue weighted by molar-refractivity contribution is 0.349. The lowest BCUT2D eigenvalue weighted by atomic mass is 9.90. The fraction of sp³-hybridized carbons (Fsp3) is 0.538. The summed E-state index contributed by atoms with van der Waals surface area (Å²) < 4.78 is 5.76. The highest BCUT2D eigenvalue weighted by Crippen LogP contribution is 2.54. The van der Waals surface area contributed by atoms with Gasteiger partial charge in [0.1, 0.15) is 5.75 Å². The molecule has 15 heavy (non-hydrogen) atoms. The number of hydrogen-bond donors (Lipinski definition) is 1. The number of hydrogen-bond acceptors (Lipinski definition) is 2. The molecule has 0 spiro atoms. The third-order valence-electron chi connectivity index (χ3n) is 3.76. The van der Waals surface area contributed by atoms with Crippen LogP contribution in [0.3, 0.4) is 0 Å². The molecule has 0 atom stereocenters. The first-order chi connectivity index (χ1) is 7.36. The van der Waals surface area contributed by atoms with Gasteiger partial charge in [0.05, 0.1) is 6.61 Å². The zero-order valence-electron chi connectivity index (χ0n) is 8.96. The van der Waals surface area contributed by atoms with Crippen molar-refractivity contribution < 1.29 is 4.74 Å². The standard InChI is InChI=1S/C13H17NO/c14-8-7-13(5-6-13)11-3-1-2-10-4-9-15-12(10)11/h1-3H,4-9,14H2. The fourth-order valence-electron chi connectivity index (χ4n) is 2.71. The Morgan fingerprint density at radius 2 is 2.20 bits per heavy atom. The molecule has 1 fully saturated rings. The number of fused-ring (bicyclic) bond motifs is 1. The Balaban J connectivity index is 2.02. The summed E-state index contributed by atoms with van der Waals surface area (Å²) in [6, 6.07) is 6.58. The van der Waals surface area contributed by atoms with Crippen LogP contribution < -0.4 is 10.5 Å². The number of ether oxygens (including phenoxy) is 1. The van der Waals surface area contributed by atoms with Gasteiger partial charge < -0.3 is 10.5 Å². The maximum absolute atomic E-state index is 5.76. The van der Waals surface area contributed by atoms with Gasteiger partial charge in [0.15, 0.2) is 0 Å². The zero-order chi connectivity index (χ0) is 10.3. The van der Waals surface area contributed by atoms with Crippen LogP contribution in [-0.2, 0) is 11.8 Å². The molecule has 0 unspecified atom stereocenters. The maximum atomic E-state index is 5.76. The Hall–Kier alpha value is -1.02. The van der Waals surface area contributed by atoms with Crippen LogP contribution in [0.2, 0.25) is 0 Å². The van der Waals surface area contributed by atoms with Crippen molar-refractivity contribution in [3.8, 4) is 5.75 Å². The normalized spacial score (nSPS) is 20.9. The summed E-state index contributed by atoms with van der Waals surface area (Å²) in [6.45, 7) is 1.63. The van der Waals surface area contributed by atoms with Crippen LogP contribution in [0.25, 0.3) is 0 Å². The molecule has 2 heteroatoms. The van der Waals surface area contributed by atoms with Gasteiger partial charge in [-0.2, -0.15) is 0 Å². The first-order valence-corrected chi connectivity index (χ1v) is 5.81. The smallest absolute Gasteiger partial charge is 0.126 e. The predicted octanol–water partition coefficient (Wildman–Crippen LogP) is 2.00. The molecule has 0 bridgehead atoms. The van der Waals surface area contributed by atoms with Crippen LogP contribution in [0.4, 0.5) is 0 Å². The van der Waals surface area contributed by atoms with Gasteiger partial charge in [0.2, 0.25) is 0 Å². The second-order valence-electron chi connectivity index (χ2n) is 4.71. The van der Waals surface area contributed by atoms with Crippen molar-refractivity contribution in [1.82, 2.24) is 0 Å². The summed E-state index contributed by atoms with van der Waals surface area (Å²) in [5, 5.41) is 0. The largest absolute Gasteiger partial charge is 0.493 e. The summed E-state index contributed by atoms with van der Waals surface area (Å²) in [6.07, 6.45) is 4.74. The van der Waals surface area contributed by atoms with Crippen LogP contribution in [0.1, 0.15) is 30.4 Å². The summed E-state index contributed by atoms with van der Waals surface area (Å²) in [7, 11) is 0. The molecule has 0 saturated heterocycles. The average Bonchev–Trinajstić information content (AvgIpc) is 2.88. The quantitative estimate of drug-likeness (QED) is 0.815. The molecular weight excluding hydrogens is 186 g/mol. The summed E-state index contributed by atoms with van der Waals surface area (Å²) in [5.74, 6) is 1.17. The maximum Gasteiger partial charge on any atom is 0.126 e. The van der Waals surface area contributed by atoms with Crippen molar-refractivity contribution in [3.63, 3.8) is 0 Å². The first kappa shape index (κ1) is 9.22. The number of rotatable bonds is 3. The minimum absolute atomic E-state index is 0.366. The molecule has 2 aliphatic rings. The topological polar surface area (TPSA) is 35.2 Å². The van der Waals surface area contributed by atoms with Gasteiger partial charge in [0.25, 0.3) is 0 Å². The van der Waals surface area contributed by atoms with Gasteiger partial charge in [-0.3, -0.25) is 0 Å². The second kappa shape index (κ2) is 3.24. The zero-order valence-corrected chi connectivity index (χ0v) is 8.96. The van der Waals surface area contributed by atoms with E-state index in [1.165, 1.54) is 29.7 Å². The summed E-state index contributed by atoms with van der Waals surface area (Å²) in [5.41, 5.74) is 8.87. The minimum atomic E-state index is 0.366. The van der Waals surface area contributed by atoms with E-state index >= 15 is 0 Å². The SMILES string of the molecule is NCCC1(c2cccc3c2OCC3)CC1. The van der Waals surface area contributed by atoms with Crippen molar-refractivity contribution in [3.05, 3.63) is 29.3 Å². The highest BCUT2D eigenvalue weighted by molar-refractivity contribution is 5.50. The number of nitrogens with two attached hydrogens (primary N) is 1. The van der Waals surface area contributed by atoms with Crippen LogP contribution in [0.15, 0.2) is 18.2 Å². The monoisotopic (exact) mass is 203 g/mol. The summed E-state index contributed by atoms with van der Waals surface area (Å²) in [4.78, 5) is 0. The first-order valence-electron chi connectivity index (χ1n) is 5.81. The van der Waals surface area contributed by atoms with Crippen molar-refractivity contribution in [2.75, 3.05) is 13.2 Å². The number of benzene rings is 1. The molecule has 80 valence electrons. The van der Waals surface area contributed by atoms with Gasteiger partial charge >= 0.3 is 0 Å². The van der Waals surface area contributed by atoms with Crippen LogP contribution in [0.5, 0.6) is 5.75 Å². The molecular formula is C13H17NO. The van der Waals surface area contributed by atoms with E-state index in [4.69, 9.17) is 10.5 Å². The summed E-state index contributed by atoms with van der Waals surface area (Å²) >= 11 is 0. The Morgan fingerprint density at radius 1 is 1.33 bits per heavy atom. The van der Waals surface area contributed by atoms with E-state index in [0.29, 0.717) is 5.41 Å². The van der Waals surface area contributed by atoms with Gasteiger partial charge in [-0.05, 0) is 31.4 Å². The van der Waals surface area contributed by atoms with Crippen LogP contribution >= 0.6 is 0 Å². The molecule has 0 amide bonds. The van der Waals surface area contributed by atoms with Crippen LogP contribution in [0, 0.1) is 0 Å². The van der Waals surface area contributed by atoms with Gasteiger partial charge in [-0.15, -0.1) is 0 Å². The Kier molecular flexibility index (Phi) is 1.99. The molecule has 0 radical (unpaired) electrons. The molecule has 1 heterocycles. The van der Waals surface area contributed by atoms with E-state index < -0.39 is 0 Å². The van der Waals surface area contributed by atoms with E-state index in [0.717, 1.165) is 26.0 Å². The molecule has 2 N–H and O–H groups in total. The Bertz CT molecular complexity index is 382. The van der Waals surface area contributed by atoms with Crippen LogP contribution in [-0.4, -0.2) is 13.2 Å². The molecule has 0 aromatic heterocycles. The predicted molar refractivity (Wildman–Crippen MR) is 60.2 cm³/mol. The van der Waals surface area contributed by atoms with E-state index in [-0.39, 0.29) is 0 Å². The van der Waals surface area contributed by atoms with Gasteiger partial charge in [-0.25, -0.2) is 0 Å². The van der Waals surface area contributed by atoms with E-state index in [9.17, 15) is 0 Å². The molecule has 1 aliphatic heterocycles. The Labute approximate surface area is 90.4 Å². The highest BCUT2D eigenvalue weighted by Gasteiger charge is 2.45. The number of para-hydroxylation sites is 1. The third kappa shape index (κ3) is 1.36. The lowest BCUT2D eigenvalue weighted by Crippen LogP contribution is -2.14. The van der Waals surface area contributed by atoms with Crippen molar-refractivity contribution >= 4 is 0 Å². The molecule has 1 aromatic carbocycles. The molecule has 1 aromatic rings. The molecule has 2 nitrogen and oxygen atoms in total. The van der Waals surface area contributed by atoms with Crippen molar-refractivity contribution in [2.24, 2.45) is 5.73 Å². The molecule has 1 aliphatic carbocycles. The van der Waals surface area contributed by atoms with Crippen molar-refractivity contribution in [2.45, 2.75) is 31.1 Å². The second-order valence-corrected chi connectivity index (χ2v) is 4.71. The van der Waals surface area contributed by atoms with E-state index in [1.807, 2.05) is 0 Å². The van der Waals surface area contributed by atoms with E-state index in [1.54, 1.807) is 0 Å². The Morgan fingerprint density at radius 3 is 2.93 bits per heavy atom. The van der Waals surface area contributed by atoms with Gasteiger partial charge in [-0.1, -0.05) is 18.2 Å². The van der Waals surface area contributed by atoms with E-state index in [2.05, 4.69) is 18.2 Å².